The van der Waals surface area contributed by atoms with Crippen LogP contribution in [0.3, 0.4) is 0 Å². The number of aliphatic hydroxyl groups excluding tert-OH is 1. The number of anilines is 1. The summed E-state index contributed by atoms with van der Waals surface area (Å²) in [5.74, 6) is -0.0538. The first-order chi connectivity index (χ1) is 18.5. The van der Waals surface area contributed by atoms with Crippen LogP contribution in [0.4, 0.5) is 5.82 Å². The fourth-order valence-electron chi connectivity index (χ4n) is 4.57. The number of aromatic nitrogens is 4. The zero-order chi connectivity index (χ0) is 27.0. The van der Waals surface area contributed by atoms with Crippen LogP contribution >= 0.6 is 0 Å². The quantitative estimate of drug-likeness (QED) is 0.303. The Kier molecular flexibility index (Phi) is 9.75. The molecule has 1 aromatic carbocycles. The molecule has 4 atom stereocenters. The Hall–Kier alpha value is -2.96. The largest absolute Gasteiger partial charge is 0.386 e. The van der Waals surface area contributed by atoms with Crippen LogP contribution in [0, 0.1) is 0 Å². The second kappa shape index (κ2) is 13.2. The second-order valence-electron chi connectivity index (χ2n) is 9.41. The molecule has 38 heavy (non-hydrogen) atoms. The number of amides is 1. The lowest BCUT2D eigenvalue weighted by molar-refractivity contribution is -0.175. The molecule has 1 saturated heterocycles. The van der Waals surface area contributed by atoms with Crippen LogP contribution in [0.15, 0.2) is 43.0 Å². The van der Waals surface area contributed by atoms with Crippen molar-refractivity contribution in [3.8, 4) is 0 Å². The molecule has 206 valence electrons. The topological polar surface area (TPSA) is 130 Å². The van der Waals surface area contributed by atoms with Gasteiger partial charge in [0.2, 0.25) is 0 Å². The molecular formula is C27H37N5O6. The minimum atomic E-state index is -1.05. The zero-order valence-electron chi connectivity index (χ0n) is 22.2. The van der Waals surface area contributed by atoms with Gasteiger partial charge in [0.15, 0.2) is 23.2 Å². The van der Waals surface area contributed by atoms with E-state index in [-0.39, 0.29) is 24.9 Å². The van der Waals surface area contributed by atoms with Gasteiger partial charge in [-0.15, -0.1) is 0 Å². The van der Waals surface area contributed by atoms with E-state index in [9.17, 15) is 9.90 Å². The molecule has 0 saturated carbocycles. The van der Waals surface area contributed by atoms with Gasteiger partial charge in [-0.25, -0.2) is 15.0 Å². The van der Waals surface area contributed by atoms with Gasteiger partial charge >= 0.3 is 0 Å². The van der Waals surface area contributed by atoms with Crippen LogP contribution in [-0.2, 0) is 18.9 Å². The first-order valence-electron chi connectivity index (χ1n) is 13.1. The number of aliphatic hydroxyl groups is 1. The molecule has 3 aromatic rings. The van der Waals surface area contributed by atoms with Gasteiger partial charge in [-0.2, -0.15) is 0 Å². The average Bonchev–Trinajstić information content (AvgIpc) is 3.47. The number of imidazole rings is 1. The van der Waals surface area contributed by atoms with E-state index in [0.29, 0.717) is 29.9 Å². The molecule has 1 unspecified atom stereocenters. The van der Waals surface area contributed by atoms with Crippen molar-refractivity contribution in [2.24, 2.45) is 0 Å². The van der Waals surface area contributed by atoms with Crippen molar-refractivity contribution < 1.29 is 28.8 Å². The molecular weight excluding hydrogens is 490 g/mol. The molecule has 0 bridgehead atoms. The van der Waals surface area contributed by atoms with Gasteiger partial charge in [-0.1, -0.05) is 44.9 Å². The summed E-state index contributed by atoms with van der Waals surface area (Å²) < 4.78 is 25.8. The minimum absolute atomic E-state index is 0.170. The third-order valence-corrected chi connectivity index (χ3v) is 6.55. The number of carbonyl (C=O) groups is 1. The molecule has 2 N–H and O–H groups in total. The third kappa shape index (κ3) is 6.02. The molecule has 0 aliphatic carbocycles. The Morgan fingerprint density at radius 1 is 1.11 bits per heavy atom. The molecule has 3 heterocycles. The van der Waals surface area contributed by atoms with E-state index in [1.54, 1.807) is 35.9 Å². The van der Waals surface area contributed by atoms with Crippen LogP contribution < -0.4 is 5.32 Å². The molecule has 11 nitrogen and oxygen atoms in total. The van der Waals surface area contributed by atoms with Gasteiger partial charge in [0.05, 0.1) is 19.5 Å². The predicted octanol–water partition coefficient (Wildman–Crippen LogP) is 3.36. The van der Waals surface area contributed by atoms with Gasteiger partial charge in [-0.05, 0) is 25.0 Å². The van der Waals surface area contributed by atoms with Crippen LogP contribution in [0.1, 0.15) is 56.1 Å². The molecule has 4 rings (SSSR count). The molecule has 1 amide bonds. The van der Waals surface area contributed by atoms with E-state index in [0.717, 1.165) is 25.7 Å². The van der Waals surface area contributed by atoms with Crippen molar-refractivity contribution in [3.63, 3.8) is 0 Å². The van der Waals surface area contributed by atoms with Gasteiger partial charge in [0, 0.05) is 25.9 Å². The number of hydrogen-bond acceptors (Lipinski definition) is 9. The lowest BCUT2D eigenvalue weighted by Crippen LogP contribution is -2.52. The van der Waals surface area contributed by atoms with Crippen LogP contribution in [-0.4, -0.2) is 81.9 Å². The van der Waals surface area contributed by atoms with Crippen molar-refractivity contribution in [1.82, 2.24) is 19.5 Å². The van der Waals surface area contributed by atoms with Crippen molar-refractivity contribution in [2.75, 3.05) is 38.9 Å². The Bertz CT molecular complexity index is 1180. The van der Waals surface area contributed by atoms with Gasteiger partial charge in [0.1, 0.15) is 24.1 Å². The Labute approximate surface area is 222 Å². The molecule has 0 radical (unpaired) electrons. The lowest BCUT2D eigenvalue weighted by atomic mass is 9.96. The average molecular weight is 528 g/mol. The summed E-state index contributed by atoms with van der Waals surface area (Å²) in [6, 6.07) is 8.84. The molecule has 1 aliphatic heterocycles. The van der Waals surface area contributed by atoms with Gasteiger partial charge in [0.25, 0.3) is 5.91 Å². The summed E-state index contributed by atoms with van der Waals surface area (Å²) in [5, 5.41) is 14.3. The zero-order valence-corrected chi connectivity index (χ0v) is 22.2. The summed E-state index contributed by atoms with van der Waals surface area (Å²) in [4.78, 5) is 25.8. The predicted molar refractivity (Wildman–Crippen MR) is 141 cm³/mol. The normalized spacial score (nSPS) is 23.2. The fourth-order valence-corrected chi connectivity index (χ4v) is 4.57. The maximum absolute atomic E-state index is 12.7. The molecule has 11 heteroatoms. The van der Waals surface area contributed by atoms with Crippen LogP contribution in [0.5, 0.6) is 0 Å². The third-order valence-electron chi connectivity index (χ3n) is 6.55. The summed E-state index contributed by atoms with van der Waals surface area (Å²) >= 11 is 0. The molecule has 1 aliphatic rings. The number of unbranched alkanes of at least 4 members (excludes halogenated alkanes) is 2. The number of benzene rings is 1. The number of nitrogens with one attached hydrogen (secondary N) is 1. The monoisotopic (exact) mass is 527 g/mol. The van der Waals surface area contributed by atoms with E-state index in [1.807, 2.05) is 6.07 Å². The minimum Gasteiger partial charge on any atom is -0.386 e. The number of carbonyl (C=O) groups excluding carboxylic acids is 1. The van der Waals surface area contributed by atoms with Crippen molar-refractivity contribution in [2.45, 2.75) is 63.6 Å². The Morgan fingerprint density at radius 2 is 1.87 bits per heavy atom. The summed E-state index contributed by atoms with van der Waals surface area (Å²) in [6.07, 6.45) is 3.97. The van der Waals surface area contributed by atoms with E-state index in [1.165, 1.54) is 12.7 Å². The molecule has 0 spiro atoms. The van der Waals surface area contributed by atoms with E-state index in [2.05, 4.69) is 34.1 Å². The first-order valence-corrected chi connectivity index (χ1v) is 13.1. The van der Waals surface area contributed by atoms with E-state index >= 15 is 0 Å². The highest BCUT2D eigenvalue weighted by Gasteiger charge is 2.57. The van der Waals surface area contributed by atoms with E-state index < -0.39 is 24.0 Å². The summed E-state index contributed by atoms with van der Waals surface area (Å²) in [7, 11) is 1.58. The molecule has 2 aromatic heterocycles. The maximum atomic E-state index is 12.7. The highest BCUT2D eigenvalue weighted by atomic mass is 16.6. The highest BCUT2D eigenvalue weighted by Crippen LogP contribution is 2.41. The van der Waals surface area contributed by atoms with Crippen molar-refractivity contribution >= 4 is 22.9 Å². The SMILES string of the molecule is CCCCOC[C@@]1(COC)O[C@@H](n2cnc3c(NC(=O)c4ccccc4)ncnc32)[C@@H](O)C1OCCCC. The first kappa shape index (κ1) is 28.1. The standard InChI is InChI=1S/C27H37N5O6/c1-4-6-13-36-16-27(15-35-3)22(37-14-7-5-2)21(33)26(38-27)32-18-30-20-23(28-17-29-24(20)32)31-25(34)19-11-9-8-10-12-19/h8-12,17-18,21-22,26,33H,4-7,13-16H2,1-3H3,(H,28,29,31,34)/t21-,22?,26+,27+/m0/s1. The lowest BCUT2D eigenvalue weighted by Gasteiger charge is -2.33. The van der Waals surface area contributed by atoms with Crippen LogP contribution in [0.2, 0.25) is 0 Å². The number of nitrogens with zero attached hydrogens (tertiary/aromatic N) is 4. The van der Waals surface area contributed by atoms with E-state index in [4.69, 9.17) is 18.9 Å². The Morgan fingerprint density at radius 3 is 2.61 bits per heavy atom. The summed E-state index contributed by atoms with van der Waals surface area (Å²) in [5.41, 5.74) is 0.237. The number of ether oxygens (including phenoxy) is 4. The fraction of sp³-hybridized carbons (Fsp3) is 0.556. The van der Waals surface area contributed by atoms with Crippen molar-refractivity contribution in [1.29, 1.82) is 0 Å². The smallest absolute Gasteiger partial charge is 0.256 e. The second-order valence-corrected chi connectivity index (χ2v) is 9.41. The van der Waals surface area contributed by atoms with Gasteiger partial charge < -0.3 is 29.4 Å². The Balaban J connectivity index is 1.63. The maximum Gasteiger partial charge on any atom is 0.256 e. The van der Waals surface area contributed by atoms with Crippen LogP contribution in [0.25, 0.3) is 11.2 Å². The number of rotatable bonds is 14. The van der Waals surface area contributed by atoms with Crippen molar-refractivity contribution in [3.05, 3.63) is 48.5 Å². The summed E-state index contributed by atoms with van der Waals surface area (Å²) in [6.45, 7) is 5.58. The number of fused-ring (bicyclic) bond motifs is 1. The number of methoxy groups -OCH3 is 1. The number of hydrogen-bond donors (Lipinski definition) is 2. The molecule has 1 fully saturated rings. The highest BCUT2D eigenvalue weighted by molar-refractivity contribution is 6.06. The van der Waals surface area contributed by atoms with Gasteiger partial charge in [-0.3, -0.25) is 9.36 Å².